The number of aromatic nitrogens is 1. The van der Waals surface area contributed by atoms with Gasteiger partial charge in [-0.2, -0.15) is 0 Å². The SMILES string of the molecule is NCc1cccc2ccn(CCC3CCCO3)c12. The Kier molecular flexibility index (Phi) is 3.35. The first kappa shape index (κ1) is 11.8. The summed E-state index contributed by atoms with van der Waals surface area (Å²) < 4.78 is 8.00. The molecule has 1 unspecified atom stereocenters. The summed E-state index contributed by atoms with van der Waals surface area (Å²) in [7, 11) is 0. The second-order valence-corrected chi connectivity index (χ2v) is 4.99. The molecule has 18 heavy (non-hydrogen) atoms. The lowest BCUT2D eigenvalue weighted by atomic mass is 10.1. The molecule has 1 aliphatic rings. The minimum atomic E-state index is 0.451. The number of hydrogen-bond donors (Lipinski definition) is 1. The van der Waals surface area contributed by atoms with Crippen LogP contribution in [-0.2, 0) is 17.8 Å². The number of benzene rings is 1. The highest BCUT2D eigenvalue weighted by Crippen LogP contribution is 2.22. The summed E-state index contributed by atoms with van der Waals surface area (Å²) in [6.45, 7) is 2.55. The van der Waals surface area contributed by atoms with Gasteiger partial charge in [0.05, 0.1) is 11.6 Å². The van der Waals surface area contributed by atoms with Gasteiger partial charge in [0.15, 0.2) is 0 Å². The number of ether oxygens (including phenoxy) is 1. The number of fused-ring (bicyclic) bond motifs is 1. The van der Waals surface area contributed by atoms with Gasteiger partial charge in [0.25, 0.3) is 0 Å². The van der Waals surface area contributed by atoms with E-state index < -0.39 is 0 Å². The summed E-state index contributed by atoms with van der Waals surface area (Å²) in [4.78, 5) is 0. The van der Waals surface area contributed by atoms with E-state index in [1.807, 2.05) is 0 Å². The van der Waals surface area contributed by atoms with Crippen LogP contribution < -0.4 is 5.73 Å². The second kappa shape index (κ2) is 5.12. The Labute approximate surface area is 108 Å². The number of nitrogens with zero attached hydrogens (tertiary/aromatic N) is 1. The van der Waals surface area contributed by atoms with Gasteiger partial charge >= 0.3 is 0 Å². The van der Waals surface area contributed by atoms with Gasteiger partial charge in [-0.05, 0) is 36.3 Å². The van der Waals surface area contributed by atoms with Gasteiger partial charge in [0, 0.05) is 25.9 Å². The molecular weight excluding hydrogens is 224 g/mol. The van der Waals surface area contributed by atoms with Crippen LogP contribution in [0.2, 0.25) is 0 Å². The zero-order valence-corrected chi connectivity index (χ0v) is 10.6. The number of rotatable bonds is 4. The van der Waals surface area contributed by atoms with Crippen molar-refractivity contribution in [2.45, 2.75) is 38.5 Å². The number of para-hydroxylation sites is 1. The normalized spacial score (nSPS) is 19.7. The van der Waals surface area contributed by atoms with E-state index in [1.54, 1.807) is 0 Å². The highest BCUT2D eigenvalue weighted by molar-refractivity contribution is 5.83. The summed E-state index contributed by atoms with van der Waals surface area (Å²) in [5.74, 6) is 0. The van der Waals surface area contributed by atoms with E-state index in [0.29, 0.717) is 12.6 Å². The third-order valence-corrected chi connectivity index (χ3v) is 3.81. The number of nitrogens with two attached hydrogens (primary N) is 1. The molecule has 3 nitrogen and oxygen atoms in total. The van der Waals surface area contributed by atoms with E-state index in [2.05, 4.69) is 35.0 Å². The highest BCUT2D eigenvalue weighted by Gasteiger charge is 2.15. The van der Waals surface area contributed by atoms with Gasteiger partial charge < -0.3 is 15.0 Å². The Balaban J connectivity index is 1.82. The highest BCUT2D eigenvalue weighted by atomic mass is 16.5. The molecule has 1 fully saturated rings. The van der Waals surface area contributed by atoms with Crippen LogP contribution in [0.5, 0.6) is 0 Å². The third-order valence-electron chi connectivity index (χ3n) is 3.81. The standard InChI is InChI=1S/C15H20N2O/c16-11-13-4-1-3-12-6-8-17(15(12)13)9-7-14-5-2-10-18-14/h1,3-4,6,8,14H,2,5,7,9-11,16H2. The van der Waals surface area contributed by atoms with Gasteiger partial charge in [-0.3, -0.25) is 0 Å². The number of aryl methyl sites for hydroxylation is 1. The van der Waals surface area contributed by atoms with E-state index in [9.17, 15) is 0 Å². The Hall–Kier alpha value is -1.32. The monoisotopic (exact) mass is 244 g/mol. The van der Waals surface area contributed by atoms with Crippen LogP contribution in [0.15, 0.2) is 30.5 Å². The molecule has 2 heterocycles. The summed E-state index contributed by atoms with van der Waals surface area (Å²) in [6, 6.07) is 8.51. The minimum absolute atomic E-state index is 0.451. The van der Waals surface area contributed by atoms with Crippen molar-refractivity contribution < 1.29 is 4.74 Å². The predicted octanol–water partition coefficient (Wildman–Crippen LogP) is 2.67. The van der Waals surface area contributed by atoms with E-state index in [0.717, 1.165) is 19.6 Å². The van der Waals surface area contributed by atoms with Gasteiger partial charge in [0.1, 0.15) is 0 Å². The van der Waals surface area contributed by atoms with Crippen molar-refractivity contribution in [2.24, 2.45) is 5.73 Å². The zero-order valence-electron chi connectivity index (χ0n) is 10.6. The Morgan fingerprint density at radius 2 is 2.28 bits per heavy atom. The molecule has 2 N–H and O–H groups in total. The fourth-order valence-electron chi connectivity index (χ4n) is 2.85. The fraction of sp³-hybridized carbons (Fsp3) is 0.467. The molecule has 0 radical (unpaired) electrons. The molecular formula is C15H20N2O. The molecule has 0 aliphatic carbocycles. The van der Waals surface area contributed by atoms with Crippen LogP contribution in [0.3, 0.4) is 0 Å². The van der Waals surface area contributed by atoms with Crippen LogP contribution in [0, 0.1) is 0 Å². The van der Waals surface area contributed by atoms with Gasteiger partial charge in [-0.15, -0.1) is 0 Å². The maximum atomic E-state index is 5.82. The van der Waals surface area contributed by atoms with Crippen molar-refractivity contribution in [1.82, 2.24) is 4.57 Å². The number of hydrogen-bond acceptors (Lipinski definition) is 2. The molecule has 3 rings (SSSR count). The first-order valence-corrected chi connectivity index (χ1v) is 6.77. The average molecular weight is 244 g/mol. The quantitative estimate of drug-likeness (QED) is 0.898. The molecule has 3 heteroatoms. The summed E-state index contributed by atoms with van der Waals surface area (Å²) in [5.41, 5.74) is 8.34. The van der Waals surface area contributed by atoms with Crippen molar-refractivity contribution in [1.29, 1.82) is 0 Å². The zero-order chi connectivity index (χ0) is 12.4. The fourth-order valence-corrected chi connectivity index (χ4v) is 2.85. The molecule has 0 spiro atoms. The maximum absolute atomic E-state index is 5.82. The van der Waals surface area contributed by atoms with Crippen LogP contribution >= 0.6 is 0 Å². The second-order valence-electron chi connectivity index (χ2n) is 4.99. The van der Waals surface area contributed by atoms with Gasteiger partial charge in [-0.25, -0.2) is 0 Å². The molecule has 1 aromatic carbocycles. The van der Waals surface area contributed by atoms with Gasteiger partial charge in [0.2, 0.25) is 0 Å². The predicted molar refractivity (Wildman–Crippen MR) is 73.4 cm³/mol. The first-order valence-electron chi connectivity index (χ1n) is 6.77. The summed E-state index contributed by atoms with van der Waals surface area (Å²) in [5, 5.41) is 1.28. The van der Waals surface area contributed by atoms with Crippen molar-refractivity contribution in [3.05, 3.63) is 36.0 Å². The van der Waals surface area contributed by atoms with Crippen LogP contribution in [0.25, 0.3) is 10.9 Å². The van der Waals surface area contributed by atoms with E-state index in [-0.39, 0.29) is 0 Å². The molecule has 0 bridgehead atoms. The largest absolute Gasteiger partial charge is 0.378 e. The van der Waals surface area contributed by atoms with E-state index >= 15 is 0 Å². The molecule has 1 atom stereocenters. The van der Waals surface area contributed by atoms with Gasteiger partial charge in [-0.1, -0.05) is 18.2 Å². The molecule has 1 aliphatic heterocycles. The molecule has 2 aromatic rings. The van der Waals surface area contributed by atoms with Crippen molar-refractivity contribution in [3.8, 4) is 0 Å². The topological polar surface area (TPSA) is 40.2 Å². The average Bonchev–Trinajstić information content (AvgIpc) is 3.05. The lowest BCUT2D eigenvalue weighted by Gasteiger charge is -2.12. The Bertz CT molecular complexity index is 526. The third kappa shape index (κ3) is 2.16. The smallest absolute Gasteiger partial charge is 0.0593 e. The van der Waals surface area contributed by atoms with Crippen molar-refractivity contribution >= 4 is 10.9 Å². The van der Waals surface area contributed by atoms with Crippen LogP contribution in [0.4, 0.5) is 0 Å². The van der Waals surface area contributed by atoms with Crippen molar-refractivity contribution in [2.75, 3.05) is 6.61 Å². The maximum Gasteiger partial charge on any atom is 0.0593 e. The van der Waals surface area contributed by atoms with E-state index in [1.165, 1.54) is 29.3 Å². The van der Waals surface area contributed by atoms with E-state index in [4.69, 9.17) is 10.5 Å². The Morgan fingerprint density at radius 1 is 1.33 bits per heavy atom. The summed E-state index contributed by atoms with van der Waals surface area (Å²) in [6.07, 6.45) is 6.14. The molecule has 0 amide bonds. The molecule has 0 saturated carbocycles. The molecule has 96 valence electrons. The summed E-state index contributed by atoms with van der Waals surface area (Å²) >= 11 is 0. The molecule has 1 aromatic heterocycles. The van der Waals surface area contributed by atoms with Crippen molar-refractivity contribution in [3.63, 3.8) is 0 Å². The minimum Gasteiger partial charge on any atom is -0.378 e. The lowest BCUT2D eigenvalue weighted by molar-refractivity contribution is 0.101. The lowest BCUT2D eigenvalue weighted by Crippen LogP contribution is -2.10. The Morgan fingerprint density at radius 3 is 3.06 bits per heavy atom. The van der Waals surface area contributed by atoms with Crippen LogP contribution in [0.1, 0.15) is 24.8 Å². The first-order chi connectivity index (χ1) is 8.88. The molecule has 1 saturated heterocycles. The van der Waals surface area contributed by atoms with Crippen LogP contribution in [-0.4, -0.2) is 17.3 Å².